The number of carbonyl (C=O) groups excluding carboxylic acids is 1. The lowest BCUT2D eigenvalue weighted by atomic mass is 10.2. The molecule has 5 nitrogen and oxygen atoms in total. The molecule has 0 aromatic rings. The average molecular weight is 239 g/mol. The normalized spacial score (nSPS) is 25.8. The molecule has 3 N–H and O–H groups in total. The Hall–Kier alpha value is -0.750. The van der Waals surface area contributed by atoms with Crippen LogP contribution < -0.4 is 0 Å². The third kappa shape index (κ3) is 1.39. The van der Waals surface area contributed by atoms with Crippen LogP contribution in [0.1, 0.15) is 0 Å². The van der Waals surface area contributed by atoms with Crippen molar-refractivity contribution in [3.8, 4) is 0 Å². The van der Waals surface area contributed by atoms with Gasteiger partial charge in [-0.2, -0.15) is 0 Å². The molecule has 1 rings (SSSR count). The number of aliphatic hydroxyl groups excluding tert-OH is 3. The maximum atomic E-state index is 10.6. The Morgan fingerprint density at radius 3 is 2.50 bits per heavy atom. The van der Waals surface area contributed by atoms with Gasteiger partial charge in [-0.3, -0.25) is 0 Å². The maximum absolute atomic E-state index is 10.6. The van der Waals surface area contributed by atoms with E-state index in [0.29, 0.717) is 0 Å². The fraction of sp³-hybridized carbons (Fsp3) is 0.500. The molecule has 1 aliphatic heterocycles. The number of cyclic esters (lactones) is 1. The smallest absolute Gasteiger partial charge is 0.377 e. The van der Waals surface area contributed by atoms with E-state index in [1.807, 2.05) is 0 Å². The number of alkyl halides is 1. The molecule has 0 saturated carbocycles. The van der Waals surface area contributed by atoms with Crippen LogP contribution in [0.3, 0.4) is 0 Å². The molecule has 0 fully saturated rings. The van der Waals surface area contributed by atoms with Gasteiger partial charge in [0, 0.05) is 5.33 Å². The van der Waals surface area contributed by atoms with E-state index in [1.54, 1.807) is 0 Å². The monoisotopic (exact) mass is 238 g/mol. The van der Waals surface area contributed by atoms with Gasteiger partial charge in [0.25, 0.3) is 0 Å². The molecule has 0 saturated heterocycles. The summed E-state index contributed by atoms with van der Waals surface area (Å²) in [4.78, 5) is 10.6. The van der Waals surface area contributed by atoms with E-state index in [2.05, 4.69) is 20.7 Å². The number of hydrogen-bond donors (Lipinski definition) is 3. The van der Waals surface area contributed by atoms with Crippen molar-refractivity contribution < 1.29 is 24.9 Å². The first kappa shape index (κ1) is 9.34. The van der Waals surface area contributed by atoms with E-state index in [-0.39, 0.29) is 5.33 Å². The zero-order valence-electron chi connectivity index (χ0n) is 5.90. The zero-order valence-corrected chi connectivity index (χ0v) is 7.48. The summed E-state index contributed by atoms with van der Waals surface area (Å²) in [5.74, 6) is -2.47. The van der Waals surface area contributed by atoms with E-state index in [1.165, 1.54) is 0 Å². The minimum Gasteiger partial charge on any atom is -0.505 e. The number of hydrogen-bond acceptors (Lipinski definition) is 5. The number of carbonyl (C=O) groups is 1. The van der Waals surface area contributed by atoms with Gasteiger partial charge in [-0.25, -0.2) is 4.79 Å². The predicted molar refractivity (Wildman–Crippen MR) is 42.0 cm³/mol. The average Bonchev–Trinajstić information content (AvgIpc) is 2.32. The molecular formula is C6H7BrO5. The highest BCUT2D eigenvalue weighted by molar-refractivity contribution is 9.09. The minimum absolute atomic E-state index is 0.141. The van der Waals surface area contributed by atoms with Crippen molar-refractivity contribution in [1.82, 2.24) is 0 Å². The summed E-state index contributed by atoms with van der Waals surface area (Å²) in [5, 5.41) is 27.1. The molecule has 0 aromatic heterocycles. The summed E-state index contributed by atoms with van der Waals surface area (Å²) < 4.78 is 4.45. The molecule has 0 amide bonds. The van der Waals surface area contributed by atoms with E-state index < -0.39 is 29.7 Å². The highest BCUT2D eigenvalue weighted by Crippen LogP contribution is 2.21. The van der Waals surface area contributed by atoms with Crippen molar-refractivity contribution in [2.24, 2.45) is 0 Å². The highest BCUT2D eigenvalue weighted by Gasteiger charge is 2.38. The van der Waals surface area contributed by atoms with Gasteiger partial charge in [0.1, 0.15) is 6.10 Å². The molecule has 1 aliphatic rings. The predicted octanol–water partition coefficient (Wildman–Crippen LogP) is -0.00480. The lowest BCUT2D eigenvalue weighted by Crippen LogP contribution is -2.29. The first-order chi connectivity index (χ1) is 5.57. The molecule has 0 bridgehead atoms. The van der Waals surface area contributed by atoms with Gasteiger partial charge in [0.2, 0.25) is 5.76 Å². The van der Waals surface area contributed by atoms with Gasteiger partial charge >= 0.3 is 5.97 Å². The van der Waals surface area contributed by atoms with E-state index in [4.69, 9.17) is 15.3 Å². The maximum Gasteiger partial charge on any atom is 0.377 e. The number of rotatable bonds is 2. The molecule has 0 aromatic carbocycles. The van der Waals surface area contributed by atoms with Gasteiger partial charge in [-0.05, 0) is 0 Å². The van der Waals surface area contributed by atoms with Crippen LogP contribution in [0.2, 0.25) is 0 Å². The largest absolute Gasteiger partial charge is 0.505 e. The highest BCUT2D eigenvalue weighted by atomic mass is 79.9. The van der Waals surface area contributed by atoms with E-state index in [0.717, 1.165) is 0 Å². The van der Waals surface area contributed by atoms with Gasteiger partial charge in [-0.15, -0.1) is 0 Å². The van der Waals surface area contributed by atoms with Gasteiger partial charge in [0.05, 0.1) is 0 Å². The minimum atomic E-state index is -1.16. The number of halogens is 1. The fourth-order valence-electron chi connectivity index (χ4n) is 0.808. The van der Waals surface area contributed by atoms with Crippen molar-refractivity contribution >= 4 is 21.9 Å². The second-order valence-corrected chi connectivity index (χ2v) is 2.93. The quantitative estimate of drug-likeness (QED) is 0.466. The summed E-state index contributed by atoms with van der Waals surface area (Å²) in [6, 6.07) is 0. The lowest BCUT2D eigenvalue weighted by molar-refractivity contribution is -0.146. The number of aliphatic hydroxyl groups is 3. The Balaban J connectivity index is 2.80. The Morgan fingerprint density at radius 2 is 2.17 bits per heavy atom. The third-order valence-corrected chi connectivity index (χ3v) is 2.11. The van der Waals surface area contributed by atoms with Gasteiger partial charge < -0.3 is 20.1 Å². The molecule has 0 radical (unpaired) electrons. The third-order valence-electron chi connectivity index (χ3n) is 1.45. The Bertz CT molecular complexity index is 236. The molecule has 6 heteroatoms. The van der Waals surface area contributed by atoms with E-state index >= 15 is 0 Å². The molecule has 0 aliphatic carbocycles. The summed E-state index contributed by atoms with van der Waals surface area (Å²) in [6.45, 7) is 0. The topological polar surface area (TPSA) is 87.0 Å². The molecular weight excluding hydrogens is 232 g/mol. The zero-order chi connectivity index (χ0) is 9.30. The molecule has 2 atom stereocenters. The molecule has 1 heterocycles. The van der Waals surface area contributed by atoms with Gasteiger partial charge in [-0.1, -0.05) is 15.9 Å². The van der Waals surface area contributed by atoms with Crippen molar-refractivity contribution in [1.29, 1.82) is 0 Å². The Kier molecular flexibility index (Phi) is 2.58. The van der Waals surface area contributed by atoms with Crippen LogP contribution in [0.4, 0.5) is 0 Å². The van der Waals surface area contributed by atoms with Crippen molar-refractivity contribution in [2.75, 3.05) is 5.33 Å². The molecule has 0 spiro atoms. The van der Waals surface area contributed by atoms with Gasteiger partial charge in [0.15, 0.2) is 11.9 Å². The summed E-state index contributed by atoms with van der Waals surface area (Å²) >= 11 is 2.94. The van der Waals surface area contributed by atoms with Crippen LogP contribution in [-0.4, -0.2) is 38.8 Å². The van der Waals surface area contributed by atoms with Crippen LogP contribution in [-0.2, 0) is 9.53 Å². The second kappa shape index (κ2) is 3.32. The number of ether oxygens (including phenoxy) is 1. The first-order valence-electron chi connectivity index (χ1n) is 3.15. The molecule has 0 unspecified atom stereocenters. The van der Waals surface area contributed by atoms with Crippen molar-refractivity contribution in [2.45, 2.75) is 12.2 Å². The fourth-order valence-corrected chi connectivity index (χ4v) is 1.15. The standard InChI is InChI=1S/C6H7BrO5/c7-1-2(8)5-3(9)4(10)6(11)12-5/h2,5,8-10H,1H2/t2-,5+/m0/s1. The number of esters is 1. The molecule has 68 valence electrons. The summed E-state index contributed by atoms with van der Waals surface area (Å²) in [5.41, 5.74) is 0. The lowest BCUT2D eigenvalue weighted by Gasteiger charge is -2.13. The van der Waals surface area contributed by atoms with Crippen molar-refractivity contribution in [3.63, 3.8) is 0 Å². The van der Waals surface area contributed by atoms with Crippen LogP contribution in [0, 0.1) is 0 Å². The summed E-state index contributed by atoms with van der Waals surface area (Å²) in [7, 11) is 0. The van der Waals surface area contributed by atoms with Crippen molar-refractivity contribution in [3.05, 3.63) is 11.5 Å². The Morgan fingerprint density at radius 1 is 1.58 bits per heavy atom. The SMILES string of the molecule is O=C1O[C@H]([C@@H](O)CBr)C(O)=C1O. The first-order valence-corrected chi connectivity index (χ1v) is 4.27. The molecule has 12 heavy (non-hydrogen) atoms. The Labute approximate surface area is 76.4 Å². The van der Waals surface area contributed by atoms with E-state index in [9.17, 15) is 4.79 Å². The second-order valence-electron chi connectivity index (χ2n) is 2.28. The van der Waals surface area contributed by atoms with Crippen LogP contribution in [0.25, 0.3) is 0 Å². The van der Waals surface area contributed by atoms with Crippen LogP contribution in [0.5, 0.6) is 0 Å². The van der Waals surface area contributed by atoms with Crippen LogP contribution >= 0.6 is 15.9 Å². The van der Waals surface area contributed by atoms with Crippen LogP contribution in [0.15, 0.2) is 11.5 Å². The summed E-state index contributed by atoms with van der Waals surface area (Å²) in [6.07, 6.45) is -2.21.